The Hall–Kier alpha value is -2.12. The lowest BCUT2D eigenvalue weighted by molar-refractivity contribution is 0.586. The molecule has 0 bridgehead atoms. The van der Waals surface area contributed by atoms with Gasteiger partial charge in [0.1, 0.15) is 5.82 Å². The first-order valence-corrected chi connectivity index (χ1v) is 8.04. The first-order chi connectivity index (χ1) is 9.76. The Morgan fingerprint density at radius 3 is 2.57 bits per heavy atom. The summed E-state index contributed by atoms with van der Waals surface area (Å²) in [5.41, 5.74) is 14.1. The second-order valence-electron chi connectivity index (χ2n) is 4.75. The Morgan fingerprint density at radius 2 is 1.90 bits per heavy atom. The van der Waals surface area contributed by atoms with Gasteiger partial charge in [-0.3, -0.25) is 0 Å². The van der Waals surface area contributed by atoms with E-state index in [4.69, 9.17) is 11.5 Å². The van der Waals surface area contributed by atoms with Crippen LogP contribution in [0.1, 0.15) is 5.56 Å². The van der Waals surface area contributed by atoms with Gasteiger partial charge in [0.05, 0.1) is 17.6 Å². The molecule has 0 heterocycles. The second-order valence-corrected chi connectivity index (χ2v) is 6.58. The van der Waals surface area contributed by atoms with E-state index in [2.05, 4.69) is 4.72 Å². The molecule has 0 aromatic heterocycles. The van der Waals surface area contributed by atoms with Crippen LogP contribution in [0.2, 0.25) is 0 Å². The van der Waals surface area contributed by atoms with Gasteiger partial charge in [-0.2, -0.15) is 0 Å². The lowest BCUT2D eigenvalue weighted by Crippen LogP contribution is -2.21. The molecule has 2 aromatic rings. The van der Waals surface area contributed by atoms with Crippen molar-refractivity contribution in [1.82, 2.24) is 4.72 Å². The molecule has 0 spiro atoms. The van der Waals surface area contributed by atoms with Crippen molar-refractivity contribution < 1.29 is 12.8 Å². The largest absolute Gasteiger partial charge is 0.397 e. The molecule has 0 radical (unpaired) electrons. The lowest BCUT2D eigenvalue weighted by Gasteiger charge is -2.11. The number of anilines is 2. The molecule has 0 fully saturated rings. The van der Waals surface area contributed by atoms with E-state index < -0.39 is 15.8 Å². The van der Waals surface area contributed by atoms with Crippen molar-refractivity contribution in [3.05, 3.63) is 47.8 Å². The highest BCUT2D eigenvalue weighted by Crippen LogP contribution is 2.31. The van der Waals surface area contributed by atoms with E-state index in [9.17, 15) is 12.8 Å². The number of nitrogens with one attached hydrogen (secondary N) is 1. The van der Waals surface area contributed by atoms with Crippen molar-refractivity contribution in [1.29, 1.82) is 0 Å². The summed E-state index contributed by atoms with van der Waals surface area (Å²) in [6.07, 6.45) is 1.04. The summed E-state index contributed by atoms with van der Waals surface area (Å²) in [5, 5.41) is 0. The SMILES string of the molecule is CS(=O)(=O)NCc1cc(F)cc(-c2cccc(N)c2N)c1. The van der Waals surface area contributed by atoms with Gasteiger partial charge in [-0.15, -0.1) is 0 Å². The zero-order valence-electron chi connectivity index (χ0n) is 11.4. The van der Waals surface area contributed by atoms with Crippen molar-refractivity contribution in [3.8, 4) is 11.1 Å². The molecule has 0 unspecified atom stereocenters. The molecule has 2 rings (SSSR count). The van der Waals surface area contributed by atoms with Gasteiger partial charge in [0.15, 0.2) is 0 Å². The van der Waals surface area contributed by atoms with Crippen LogP contribution < -0.4 is 16.2 Å². The minimum Gasteiger partial charge on any atom is -0.397 e. The zero-order chi connectivity index (χ0) is 15.6. The Kier molecular flexibility index (Phi) is 4.15. The van der Waals surface area contributed by atoms with Gasteiger partial charge in [0.2, 0.25) is 10.0 Å². The summed E-state index contributed by atoms with van der Waals surface area (Å²) >= 11 is 0. The van der Waals surface area contributed by atoms with Crippen LogP contribution in [0.25, 0.3) is 11.1 Å². The van der Waals surface area contributed by atoms with Gasteiger partial charge in [-0.1, -0.05) is 12.1 Å². The van der Waals surface area contributed by atoms with E-state index in [0.29, 0.717) is 28.1 Å². The van der Waals surface area contributed by atoms with Crippen LogP contribution in [0.15, 0.2) is 36.4 Å². The molecule has 0 saturated heterocycles. The number of benzene rings is 2. The molecule has 0 saturated carbocycles. The van der Waals surface area contributed by atoms with Crippen LogP contribution >= 0.6 is 0 Å². The Balaban J connectivity index is 2.41. The predicted molar refractivity (Wildman–Crippen MR) is 82.3 cm³/mol. The van der Waals surface area contributed by atoms with Gasteiger partial charge in [-0.05, 0) is 35.4 Å². The van der Waals surface area contributed by atoms with E-state index in [1.165, 1.54) is 12.1 Å². The highest BCUT2D eigenvalue weighted by molar-refractivity contribution is 7.88. The van der Waals surface area contributed by atoms with Crippen molar-refractivity contribution >= 4 is 21.4 Å². The van der Waals surface area contributed by atoms with Gasteiger partial charge in [-0.25, -0.2) is 17.5 Å². The van der Waals surface area contributed by atoms with Gasteiger partial charge >= 0.3 is 0 Å². The Bertz CT molecular complexity index is 776. The molecule has 0 aliphatic carbocycles. The molecule has 2 aromatic carbocycles. The average molecular weight is 309 g/mol. The summed E-state index contributed by atoms with van der Waals surface area (Å²) in [5.74, 6) is -0.473. The number of nitrogens with two attached hydrogens (primary N) is 2. The van der Waals surface area contributed by atoms with Crippen LogP contribution in [0, 0.1) is 5.82 Å². The fourth-order valence-electron chi connectivity index (χ4n) is 1.96. The maximum Gasteiger partial charge on any atom is 0.209 e. The fraction of sp³-hybridized carbons (Fsp3) is 0.143. The average Bonchev–Trinajstić information content (AvgIpc) is 2.38. The van der Waals surface area contributed by atoms with E-state index in [1.54, 1.807) is 24.3 Å². The predicted octanol–water partition coefficient (Wildman–Crippen LogP) is 1.71. The molecule has 0 atom stereocenters. The highest BCUT2D eigenvalue weighted by Gasteiger charge is 2.09. The monoisotopic (exact) mass is 309 g/mol. The molecular weight excluding hydrogens is 293 g/mol. The maximum atomic E-state index is 13.7. The molecule has 0 amide bonds. The van der Waals surface area contributed by atoms with Gasteiger partial charge < -0.3 is 11.5 Å². The standard InChI is InChI=1S/C14H16FN3O2S/c1-21(19,20)18-8-9-5-10(7-11(15)6-9)12-3-2-4-13(16)14(12)17/h2-7,18H,8,16-17H2,1H3. The summed E-state index contributed by atoms with van der Waals surface area (Å²) in [4.78, 5) is 0. The van der Waals surface area contributed by atoms with Crippen LogP contribution in [0.4, 0.5) is 15.8 Å². The molecule has 7 heteroatoms. The van der Waals surface area contributed by atoms with Gasteiger partial charge in [0.25, 0.3) is 0 Å². The molecule has 5 N–H and O–H groups in total. The molecular formula is C14H16FN3O2S. The van der Waals surface area contributed by atoms with E-state index in [-0.39, 0.29) is 6.54 Å². The Morgan fingerprint density at radius 1 is 1.19 bits per heavy atom. The van der Waals surface area contributed by atoms with Crippen molar-refractivity contribution in [2.45, 2.75) is 6.54 Å². The molecule has 112 valence electrons. The Labute approximate surface area is 122 Å². The summed E-state index contributed by atoms with van der Waals surface area (Å²) in [7, 11) is -3.34. The van der Waals surface area contributed by atoms with Crippen LogP contribution in [-0.4, -0.2) is 14.7 Å². The zero-order valence-corrected chi connectivity index (χ0v) is 12.2. The third-order valence-corrected chi connectivity index (χ3v) is 3.62. The number of rotatable bonds is 4. The highest BCUT2D eigenvalue weighted by atomic mass is 32.2. The third kappa shape index (κ3) is 3.93. The number of sulfonamides is 1. The molecule has 5 nitrogen and oxygen atoms in total. The van der Waals surface area contributed by atoms with Crippen molar-refractivity contribution in [2.75, 3.05) is 17.7 Å². The quantitative estimate of drug-likeness (QED) is 0.749. The molecule has 0 aliphatic rings. The fourth-order valence-corrected chi connectivity index (χ4v) is 2.39. The molecule has 21 heavy (non-hydrogen) atoms. The van der Waals surface area contributed by atoms with E-state index >= 15 is 0 Å². The minimum atomic E-state index is -3.34. The number of hydrogen-bond acceptors (Lipinski definition) is 4. The van der Waals surface area contributed by atoms with E-state index in [0.717, 1.165) is 6.26 Å². The number of para-hydroxylation sites is 1. The lowest BCUT2D eigenvalue weighted by atomic mass is 10.0. The van der Waals surface area contributed by atoms with Gasteiger partial charge in [0, 0.05) is 12.1 Å². The summed E-state index contributed by atoms with van der Waals surface area (Å²) in [6.45, 7) is 0.00577. The van der Waals surface area contributed by atoms with Crippen LogP contribution in [-0.2, 0) is 16.6 Å². The number of hydrogen-bond donors (Lipinski definition) is 3. The second kappa shape index (κ2) is 5.71. The number of nitrogen functional groups attached to an aromatic ring is 2. The van der Waals surface area contributed by atoms with Crippen LogP contribution in [0.5, 0.6) is 0 Å². The number of halogens is 1. The maximum absolute atomic E-state index is 13.7. The topological polar surface area (TPSA) is 98.2 Å². The summed E-state index contributed by atoms with van der Waals surface area (Å²) < 4.78 is 38.2. The first kappa shape index (κ1) is 15.3. The van der Waals surface area contributed by atoms with Crippen molar-refractivity contribution in [3.63, 3.8) is 0 Å². The van der Waals surface area contributed by atoms with E-state index in [1.807, 2.05) is 0 Å². The third-order valence-electron chi connectivity index (χ3n) is 2.95. The smallest absolute Gasteiger partial charge is 0.209 e. The minimum absolute atomic E-state index is 0.00577. The normalized spacial score (nSPS) is 11.5. The molecule has 0 aliphatic heterocycles. The van der Waals surface area contributed by atoms with Crippen molar-refractivity contribution in [2.24, 2.45) is 0 Å². The summed E-state index contributed by atoms with van der Waals surface area (Å²) in [6, 6.07) is 9.38. The first-order valence-electron chi connectivity index (χ1n) is 6.15. The van der Waals surface area contributed by atoms with Crippen LogP contribution in [0.3, 0.4) is 0 Å².